The van der Waals surface area contributed by atoms with Gasteiger partial charge in [-0.25, -0.2) is 0 Å². The molecular formula is C17H24N2O. The van der Waals surface area contributed by atoms with Gasteiger partial charge in [0.15, 0.2) is 0 Å². The van der Waals surface area contributed by atoms with Crippen LogP contribution in [0.4, 0.5) is 0 Å². The van der Waals surface area contributed by atoms with Crippen LogP contribution in [0.15, 0.2) is 18.2 Å². The highest BCUT2D eigenvalue weighted by Gasteiger charge is 2.22. The zero-order chi connectivity index (χ0) is 15.2. The highest BCUT2D eigenvalue weighted by atomic mass is 16.1. The summed E-state index contributed by atoms with van der Waals surface area (Å²) in [5.74, 6) is 5.78. The van der Waals surface area contributed by atoms with E-state index in [0.29, 0.717) is 12.1 Å². The summed E-state index contributed by atoms with van der Waals surface area (Å²) in [6.45, 7) is 8.52. The van der Waals surface area contributed by atoms with Crippen LogP contribution in [0.2, 0.25) is 0 Å². The first-order valence-electron chi connectivity index (χ1n) is 7.08. The molecule has 3 nitrogen and oxygen atoms in total. The summed E-state index contributed by atoms with van der Waals surface area (Å²) in [6, 6.07) is 5.59. The van der Waals surface area contributed by atoms with E-state index in [1.165, 1.54) is 0 Å². The van der Waals surface area contributed by atoms with Crippen molar-refractivity contribution < 1.29 is 4.79 Å². The third kappa shape index (κ3) is 4.11. The first-order valence-corrected chi connectivity index (χ1v) is 7.08. The van der Waals surface area contributed by atoms with Gasteiger partial charge in [0, 0.05) is 16.7 Å². The normalized spacial score (nSPS) is 10.7. The summed E-state index contributed by atoms with van der Waals surface area (Å²) in [7, 11) is 0. The van der Waals surface area contributed by atoms with E-state index in [4.69, 9.17) is 5.73 Å². The maximum atomic E-state index is 12.3. The number of aryl methyl sites for hydroxylation is 1. The summed E-state index contributed by atoms with van der Waals surface area (Å²) in [4.78, 5) is 12.3. The minimum absolute atomic E-state index is 0.0491. The topological polar surface area (TPSA) is 55.1 Å². The lowest BCUT2D eigenvalue weighted by Gasteiger charge is -2.28. The average molecular weight is 272 g/mol. The van der Waals surface area contributed by atoms with Crippen molar-refractivity contribution in [2.24, 2.45) is 5.73 Å². The maximum Gasteiger partial charge on any atom is 0.251 e. The molecule has 0 spiro atoms. The lowest BCUT2D eigenvalue weighted by Crippen LogP contribution is -2.44. The highest BCUT2D eigenvalue weighted by Crippen LogP contribution is 2.16. The van der Waals surface area contributed by atoms with Gasteiger partial charge in [-0.1, -0.05) is 31.8 Å². The van der Waals surface area contributed by atoms with E-state index in [2.05, 4.69) is 37.9 Å². The van der Waals surface area contributed by atoms with Crippen LogP contribution < -0.4 is 11.1 Å². The largest absolute Gasteiger partial charge is 0.347 e. The second-order valence-corrected chi connectivity index (χ2v) is 5.26. The summed E-state index contributed by atoms with van der Waals surface area (Å²) < 4.78 is 0. The smallest absolute Gasteiger partial charge is 0.251 e. The molecular weight excluding hydrogens is 248 g/mol. The van der Waals surface area contributed by atoms with Crippen LogP contribution in [0.3, 0.4) is 0 Å². The molecule has 0 saturated heterocycles. The predicted octanol–water partition coefficient (Wildman–Crippen LogP) is 2.61. The van der Waals surface area contributed by atoms with E-state index in [9.17, 15) is 4.79 Å². The molecule has 3 N–H and O–H groups in total. The third-order valence-corrected chi connectivity index (χ3v) is 3.80. The fourth-order valence-corrected chi connectivity index (χ4v) is 1.82. The lowest BCUT2D eigenvalue weighted by atomic mass is 9.94. The molecule has 0 saturated carbocycles. The molecule has 0 radical (unpaired) electrons. The molecule has 0 aliphatic carbocycles. The molecule has 0 aliphatic rings. The molecule has 0 aliphatic heterocycles. The second kappa shape index (κ2) is 7.12. The maximum absolute atomic E-state index is 12.3. The molecule has 1 amide bonds. The second-order valence-electron chi connectivity index (χ2n) is 5.26. The van der Waals surface area contributed by atoms with Crippen LogP contribution in [-0.4, -0.2) is 18.0 Å². The molecule has 1 rings (SSSR count). The van der Waals surface area contributed by atoms with Crippen LogP contribution in [0.5, 0.6) is 0 Å². The van der Waals surface area contributed by atoms with Gasteiger partial charge in [0.1, 0.15) is 0 Å². The number of hydrogen-bond donors (Lipinski definition) is 2. The lowest BCUT2D eigenvalue weighted by molar-refractivity contribution is 0.0901. The number of benzene rings is 1. The number of hydrogen-bond acceptors (Lipinski definition) is 2. The van der Waals surface area contributed by atoms with Crippen LogP contribution in [0.1, 0.15) is 55.1 Å². The fourth-order valence-electron chi connectivity index (χ4n) is 1.82. The first-order chi connectivity index (χ1) is 9.45. The number of carbonyl (C=O) groups is 1. The molecule has 20 heavy (non-hydrogen) atoms. The van der Waals surface area contributed by atoms with Crippen molar-refractivity contribution in [3.63, 3.8) is 0 Å². The SMILES string of the molecule is CCC(C)(CC)NC(=O)c1ccc(C)c(C#CCN)c1. The number of nitrogens with one attached hydrogen (secondary N) is 1. The Bertz CT molecular complexity index is 534. The van der Waals surface area contributed by atoms with Gasteiger partial charge in [-0.05, 0) is 44.4 Å². The minimum Gasteiger partial charge on any atom is -0.347 e. The van der Waals surface area contributed by atoms with Gasteiger partial charge in [0.2, 0.25) is 0 Å². The van der Waals surface area contributed by atoms with E-state index in [1.807, 2.05) is 25.1 Å². The van der Waals surface area contributed by atoms with Crippen molar-refractivity contribution >= 4 is 5.91 Å². The summed E-state index contributed by atoms with van der Waals surface area (Å²) in [5.41, 5.74) is 7.78. The minimum atomic E-state index is -0.162. The van der Waals surface area contributed by atoms with E-state index in [1.54, 1.807) is 0 Å². The Morgan fingerprint density at radius 3 is 2.55 bits per heavy atom. The van der Waals surface area contributed by atoms with Crippen molar-refractivity contribution in [3.05, 3.63) is 34.9 Å². The zero-order valence-corrected chi connectivity index (χ0v) is 12.8. The van der Waals surface area contributed by atoms with Gasteiger partial charge in [-0.15, -0.1) is 0 Å². The molecule has 0 aromatic heterocycles. The summed E-state index contributed by atoms with van der Waals surface area (Å²) in [5, 5.41) is 3.10. The molecule has 0 heterocycles. The van der Waals surface area contributed by atoms with E-state index >= 15 is 0 Å². The molecule has 1 aromatic carbocycles. The van der Waals surface area contributed by atoms with Crippen LogP contribution >= 0.6 is 0 Å². The van der Waals surface area contributed by atoms with Crippen molar-refractivity contribution in [1.82, 2.24) is 5.32 Å². The van der Waals surface area contributed by atoms with Crippen LogP contribution in [-0.2, 0) is 0 Å². The van der Waals surface area contributed by atoms with E-state index in [-0.39, 0.29) is 11.4 Å². The van der Waals surface area contributed by atoms with Crippen molar-refractivity contribution in [1.29, 1.82) is 0 Å². The molecule has 108 valence electrons. The predicted molar refractivity (Wildman–Crippen MR) is 83.6 cm³/mol. The monoisotopic (exact) mass is 272 g/mol. The zero-order valence-electron chi connectivity index (χ0n) is 12.8. The standard InChI is InChI=1S/C17H24N2O/c1-5-17(4,6-2)19-16(20)15-10-9-13(3)14(12-15)8-7-11-18/h9-10,12H,5-6,11,18H2,1-4H3,(H,19,20). The van der Waals surface area contributed by atoms with Crippen molar-refractivity contribution in [2.75, 3.05) is 6.54 Å². The van der Waals surface area contributed by atoms with Crippen LogP contribution in [0.25, 0.3) is 0 Å². The van der Waals surface area contributed by atoms with Gasteiger partial charge in [-0.2, -0.15) is 0 Å². The summed E-state index contributed by atoms with van der Waals surface area (Å²) >= 11 is 0. The molecule has 3 heteroatoms. The van der Waals surface area contributed by atoms with Gasteiger partial charge < -0.3 is 11.1 Å². The average Bonchev–Trinajstić information content (AvgIpc) is 2.46. The Hall–Kier alpha value is -1.79. The Labute approximate surface area is 121 Å². The fraction of sp³-hybridized carbons (Fsp3) is 0.471. The van der Waals surface area contributed by atoms with E-state index in [0.717, 1.165) is 24.0 Å². The molecule has 0 bridgehead atoms. The quantitative estimate of drug-likeness (QED) is 0.828. The van der Waals surface area contributed by atoms with E-state index < -0.39 is 0 Å². The third-order valence-electron chi connectivity index (χ3n) is 3.80. The molecule has 0 unspecified atom stereocenters. The first kappa shape index (κ1) is 16.3. The van der Waals surface area contributed by atoms with Gasteiger partial charge in [-0.3, -0.25) is 4.79 Å². The Morgan fingerprint density at radius 2 is 2.00 bits per heavy atom. The molecule has 0 fully saturated rings. The summed E-state index contributed by atoms with van der Waals surface area (Å²) in [6.07, 6.45) is 1.81. The molecule has 1 aromatic rings. The van der Waals surface area contributed by atoms with Crippen LogP contribution in [0, 0.1) is 18.8 Å². The highest BCUT2D eigenvalue weighted by molar-refractivity contribution is 5.95. The van der Waals surface area contributed by atoms with Gasteiger partial charge >= 0.3 is 0 Å². The number of carbonyl (C=O) groups excluding carboxylic acids is 1. The number of rotatable bonds is 4. The Kier molecular flexibility index (Phi) is 5.79. The number of nitrogens with two attached hydrogens (primary N) is 1. The number of amides is 1. The Morgan fingerprint density at radius 1 is 1.35 bits per heavy atom. The Balaban J connectivity index is 3.00. The van der Waals surface area contributed by atoms with Gasteiger partial charge in [0.25, 0.3) is 5.91 Å². The van der Waals surface area contributed by atoms with Gasteiger partial charge in [0.05, 0.1) is 6.54 Å². The molecule has 0 atom stereocenters. The van der Waals surface area contributed by atoms with Crippen molar-refractivity contribution in [3.8, 4) is 11.8 Å². The van der Waals surface area contributed by atoms with Crippen molar-refractivity contribution in [2.45, 2.75) is 46.1 Å².